The molecule has 0 aromatic heterocycles. The zero-order valence-corrected chi connectivity index (χ0v) is 19.4. The molecular weight excluding hydrogens is 370 g/mol. The highest BCUT2D eigenvalue weighted by Crippen LogP contribution is 2.43. The minimum atomic E-state index is 0.204. The van der Waals surface area contributed by atoms with Crippen molar-refractivity contribution in [3.05, 3.63) is 45.5 Å². The highest BCUT2D eigenvalue weighted by atomic mass is 16.5. The summed E-state index contributed by atoms with van der Waals surface area (Å²) in [5.74, 6) is 7.72. The Kier molecular flexibility index (Phi) is 7.78. The molecule has 3 heteroatoms. The highest BCUT2D eigenvalue weighted by molar-refractivity contribution is 5.76. The lowest BCUT2D eigenvalue weighted by Crippen LogP contribution is -2.38. The van der Waals surface area contributed by atoms with E-state index in [1.54, 1.807) is 7.11 Å². The van der Waals surface area contributed by atoms with Crippen LogP contribution in [0.5, 0.6) is 0 Å². The summed E-state index contributed by atoms with van der Waals surface area (Å²) in [5.41, 5.74) is 8.36. The molecule has 1 aromatic carbocycles. The summed E-state index contributed by atoms with van der Waals surface area (Å²) >= 11 is 0. The Hall–Kier alpha value is -2.05. The Bertz CT molecular complexity index is 867. The molecule has 0 bridgehead atoms. The van der Waals surface area contributed by atoms with E-state index in [9.17, 15) is 4.79 Å². The third-order valence-electron chi connectivity index (χ3n) is 6.64. The fourth-order valence-electron chi connectivity index (χ4n) is 4.48. The Labute approximate surface area is 182 Å². The number of benzene rings is 1. The fourth-order valence-corrected chi connectivity index (χ4v) is 4.48. The summed E-state index contributed by atoms with van der Waals surface area (Å²) < 4.78 is 5.10. The van der Waals surface area contributed by atoms with E-state index in [-0.39, 0.29) is 11.9 Å². The number of hydrogen-bond acceptors (Lipinski definition) is 2. The molecule has 1 aromatic rings. The molecule has 1 unspecified atom stereocenters. The Balaban J connectivity index is 1.82. The molecule has 0 N–H and O–H groups in total. The maximum Gasteiger partial charge on any atom is 0.225 e. The SMILES string of the molecule is CCC#Cc1c(CC2=CCC(C)N(C(=O)CCOC)CC2)cc(C2CC2)c(C)c1C. The van der Waals surface area contributed by atoms with E-state index < -0.39 is 0 Å². The summed E-state index contributed by atoms with van der Waals surface area (Å²) in [7, 11) is 1.65. The molecular formula is C27H37NO2. The van der Waals surface area contributed by atoms with Gasteiger partial charge in [-0.25, -0.2) is 0 Å². The van der Waals surface area contributed by atoms with E-state index in [4.69, 9.17) is 4.74 Å². The van der Waals surface area contributed by atoms with Crippen molar-refractivity contribution in [2.45, 2.75) is 84.6 Å². The zero-order chi connectivity index (χ0) is 21.7. The molecule has 3 nitrogen and oxygen atoms in total. The van der Waals surface area contributed by atoms with Crippen molar-refractivity contribution < 1.29 is 9.53 Å². The van der Waals surface area contributed by atoms with Crippen molar-refractivity contribution >= 4 is 5.91 Å². The topological polar surface area (TPSA) is 29.5 Å². The molecule has 1 aliphatic carbocycles. The van der Waals surface area contributed by atoms with Gasteiger partial charge >= 0.3 is 0 Å². The third kappa shape index (κ3) is 5.35. The van der Waals surface area contributed by atoms with Crippen LogP contribution in [-0.4, -0.2) is 37.1 Å². The van der Waals surface area contributed by atoms with Crippen LogP contribution < -0.4 is 0 Å². The minimum Gasteiger partial charge on any atom is -0.384 e. The molecule has 0 radical (unpaired) electrons. The largest absolute Gasteiger partial charge is 0.384 e. The molecule has 2 aliphatic rings. The number of ether oxygens (including phenoxy) is 1. The van der Waals surface area contributed by atoms with Gasteiger partial charge in [0.15, 0.2) is 0 Å². The summed E-state index contributed by atoms with van der Waals surface area (Å²) in [4.78, 5) is 14.6. The van der Waals surface area contributed by atoms with E-state index in [1.807, 2.05) is 4.90 Å². The predicted octanol–water partition coefficient (Wildman–Crippen LogP) is 5.46. The Morgan fingerprint density at radius 1 is 1.27 bits per heavy atom. The minimum absolute atomic E-state index is 0.204. The van der Waals surface area contributed by atoms with Crippen molar-refractivity contribution in [2.75, 3.05) is 20.3 Å². The predicted molar refractivity (Wildman–Crippen MR) is 124 cm³/mol. The molecule has 162 valence electrons. The lowest BCUT2D eigenvalue weighted by molar-refractivity contribution is -0.133. The average Bonchev–Trinajstić information content (AvgIpc) is 3.58. The highest BCUT2D eigenvalue weighted by Gasteiger charge is 2.28. The first-order valence-corrected chi connectivity index (χ1v) is 11.5. The second-order valence-electron chi connectivity index (χ2n) is 8.88. The van der Waals surface area contributed by atoms with E-state index in [2.05, 4.69) is 51.7 Å². The number of carbonyl (C=O) groups excluding carboxylic acids is 1. The van der Waals surface area contributed by atoms with Crippen molar-refractivity contribution in [1.82, 2.24) is 4.90 Å². The smallest absolute Gasteiger partial charge is 0.225 e. The number of amides is 1. The van der Waals surface area contributed by atoms with Gasteiger partial charge in [-0.3, -0.25) is 4.79 Å². The maximum absolute atomic E-state index is 12.6. The first-order chi connectivity index (χ1) is 14.5. The van der Waals surface area contributed by atoms with Crippen LogP contribution in [0.3, 0.4) is 0 Å². The molecule has 1 amide bonds. The van der Waals surface area contributed by atoms with Crippen LogP contribution in [0.1, 0.15) is 86.1 Å². The molecule has 1 fully saturated rings. The lowest BCUT2D eigenvalue weighted by Gasteiger charge is -2.27. The zero-order valence-electron chi connectivity index (χ0n) is 19.4. The van der Waals surface area contributed by atoms with Crippen LogP contribution in [0.2, 0.25) is 0 Å². The average molecular weight is 408 g/mol. The number of hydrogen-bond donors (Lipinski definition) is 0. The third-order valence-corrected chi connectivity index (χ3v) is 6.64. The van der Waals surface area contributed by atoms with E-state index in [0.29, 0.717) is 13.0 Å². The van der Waals surface area contributed by atoms with Crippen LogP contribution in [0.4, 0.5) is 0 Å². The van der Waals surface area contributed by atoms with Gasteiger partial charge in [0.2, 0.25) is 5.91 Å². The maximum atomic E-state index is 12.6. The second kappa shape index (κ2) is 10.3. The van der Waals surface area contributed by atoms with E-state index in [0.717, 1.165) is 38.1 Å². The van der Waals surface area contributed by atoms with Gasteiger partial charge in [-0.1, -0.05) is 36.5 Å². The molecule has 1 heterocycles. The van der Waals surface area contributed by atoms with Crippen LogP contribution in [0.25, 0.3) is 0 Å². The van der Waals surface area contributed by atoms with Gasteiger partial charge < -0.3 is 9.64 Å². The molecule has 0 spiro atoms. The molecule has 1 aliphatic heterocycles. The molecule has 0 saturated heterocycles. The first-order valence-electron chi connectivity index (χ1n) is 11.5. The number of rotatable bonds is 6. The summed E-state index contributed by atoms with van der Waals surface area (Å²) in [6, 6.07) is 2.68. The number of nitrogens with zero attached hydrogens (tertiary/aromatic N) is 1. The summed E-state index contributed by atoms with van der Waals surface area (Å²) in [6.07, 6.45) is 9.16. The Morgan fingerprint density at radius 2 is 2.03 bits per heavy atom. The standard InChI is InChI=1S/C27H37NO2/c1-6-7-8-25-20(3)21(4)26(23-11-12-23)18-24(25)17-22-10-9-19(2)28(15-13-22)27(29)14-16-30-5/h10,18-19,23H,6,9,11-17H2,1-5H3. The normalized spacial score (nSPS) is 19.0. The second-order valence-corrected chi connectivity index (χ2v) is 8.88. The monoisotopic (exact) mass is 407 g/mol. The van der Waals surface area contributed by atoms with Crippen molar-refractivity contribution in [2.24, 2.45) is 0 Å². The van der Waals surface area contributed by atoms with Crippen molar-refractivity contribution in [1.29, 1.82) is 0 Å². The summed E-state index contributed by atoms with van der Waals surface area (Å²) in [6.45, 7) is 10.1. The van der Waals surface area contributed by atoms with Crippen molar-refractivity contribution in [3.63, 3.8) is 0 Å². The van der Waals surface area contributed by atoms with Gasteiger partial charge in [0, 0.05) is 31.7 Å². The fraction of sp³-hybridized carbons (Fsp3) is 0.593. The molecule has 30 heavy (non-hydrogen) atoms. The van der Waals surface area contributed by atoms with E-state index >= 15 is 0 Å². The van der Waals surface area contributed by atoms with Crippen LogP contribution in [-0.2, 0) is 16.0 Å². The quantitative estimate of drug-likeness (QED) is 0.463. The van der Waals surface area contributed by atoms with Crippen molar-refractivity contribution in [3.8, 4) is 11.8 Å². The lowest BCUT2D eigenvalue weighted by atomic mass is 9.88. The number of carbonyl (C=O) groups is 1. The van der Waals surface area contributed by atoms with Gasteiger partial charge in [-0.15, -0.1) is 0 Å². The first kappa shape index (κ1) is 22.6. The Morgan fingerprint density at radius 3 is 2.70 bits per heavy atom. The van der Waals surface area contributed by atoms with E-state index in [1.165, 1.54) is 46.2 Å². The molecule has 1 saturated carbocycles. The van der Waals surface area contributed by atoms with Gasteiger partial charge in [-0.2, -0.15) is 0 Å². The number of methoxy groups -OCH3 is 1. The molecule has 3 rings (SSSR count). The van der Waals surface area contributed by atoms with Gasteiger partial charge in [0.25, 0.3) is 0 Å². The van der Waals surface area contributed by atoms with Gasteiger partial charge in [0.05, 0.1) is 13.0 Å². The van der Waals surface area contributed by atoms with Crippen LogP contribution in [0.15, 0.2) is 17.7 Å². The van der Waals surface area contributed by atoms with Crippen LogP contribution in [0, 0.1) is 25.7 Å². The van der Waals surface area contributed by atoms with Gasteiger partial charge in [0.1, 0.15) is 0 Å². The van der Waals surface area contributed by atoms with Crippen LogP contribution >= 0.6 is 0 Å². The van der Waals surface area contributed by atoms with Gasteiger partial charge in [-0.05, 0) is 81.0 Å². The summed E-state index contributed by atoms with van der Waals surface area (Å²) in [5, 5.41) is 0. The molecule has 1 atom stereocenters.